The standard InChI is InChI=1S/C21H23N5OS3/c1-4-5-6-14-7-9-15(10-8-14)22-20-25-26-21(30-20)28-11-16-23-18(27)17-12(2)13(3)29-19(17)24-16/h7-10H,4-6,11H2,1-3H3,(H,22,25)(H,23,24,27). The molecule has 0 bridgehead atoms. The first-order chi connectivity index (χ1) is 14.5. The number of nitrogens with zero attached hydrogens (tertiary/aromatic N) is 3. The first kappa shape index (κ1) is 21.0. The lowest BCUT2D eigenvalue weighted by Gasteiger charge is -2.04. The van der Waals surface area contributed by atoms with Crippen LogP contribution in [0.2, 0.25) is 0 Å². The van der Waals surface area contributed by atoms with E-state index in [0.717, 1.165) is 36.9 Å². The molecule has 30 heavy (non-hydrogen) atoms. The fraction of sp³-hybridized carbons (Fsp3) is 0.333. The molecule has 0 spiro atoms. The lowest BCUT2D eigenvalue weighted by molar-refractivity contribution is 0.795. The van der Waals surface area contributed by atoms with Crippen LogP contribution in [0.3, 0.4) is 0 Å². The quantitative estimate of drug-likeness (QED) is 0.324. The summed E-state index contributed by atoms with van der Waals surface area (Å²) in [7, 11) is 0. The molecule has 3 heterocycles. The molecule has 6 nitrogen and oxygen atoms in total. The van der Waals surface area contributed by atoms with Gasteiger partial charge in [0.15, 0.2) is 4.34 Å². The molecule has 0 saturated heterocycles. The predicted octanol–water partition coefficient (Wildman–Crippen LogP) is 5.83. The number of thioether (sulfide) groups is 1. The molecule has 0 radical (unpaired) electrons. The zero-order chi connectivity index (χ0) is 21.1. The van der Waals surface area contributed by atoms with E-state index in [0.29, 0.717) is 17.0 Å². The number of fused-ring (bicyclic) bond motifs is 1. The van der Waals surface area contributed by atoms with Crippen molar-refractivity contribution in [2.24, 2.45) is 0 Å². The number of unbranched alkanes of at least 4 members (excludes halogenated alkanes) is 1. The van der Waals surface area contributed by atoms with E-state index in [-0.39, 0.29) is 5.56 Å². The fourth-order valence-electron chi connectivity index (χ4n) is 3.08. The van der Waals surface area contributed by atoms with E-state index in [4.69, 9.17) is 0 Å². The van der Waals surface area contributed by atoms with E-state index >= 15 is 0 Å². The molecule has 0 amide bonds. The van der Waals surface area contributed by atoms with Crippen LogP contribution < -0.4 is 10.9 Å². The third-order valence-electron chi connectivity index (χ3n) is 4.85. The summed E-state index contributed by atoms with van der Waals surface area (Å²) in [4.78, 5) is 21.8. The Kier molecular flexibility index (Phi) is 6.50. The Morgan fingerprint density at radius 3 is 2.70 bits per heavy atom. The monoisotopic (exact) mass is 457 g/mol. The van der Waals surface area contributed by atoms with Crippen LogP contribution in [0.1, 0.15) is 41.6 Å². The van der Waals surface area contributed by atoms with Crippen LogP contribution in [-0.4, -0.2) is 20.2 Å². The van der Waals surface area contributed by atoms with Gasteiger partial charge in [0.2, 0.25) is 5.13 Å². The normalized spacial score (nSPS) is 11.3. The highest BCUT2D eigenvalue weighted by molar-refractivity contribution is 8.00. The highest BCUT2D eigenvalue weighted by atomic mass is 32.2. The summed E-state index contributed by atoms with van der Waals surface area (Å²) in [6, 6.07) is 8.46. The first-order valence-electron chi connectivity index (χ1n) is 9.84. The van der Waals surface area contributed by atoms with E-state index in [9.17, 15) is 4.79 Å². The summed E-state index contributed by atoms with van der Waals surface area (Å²) in [5.41, 5.74) is 3.30. The molecule has 0 aliphatic carbocycles. The molecule has 3 aromatic heterocycles. The minimum absolute atomic E-state index is 0.0700. The fourth-order valence-corrected chi connectivity index (χ4v) is 5.77. The summed E-state index contributed by atoms with van der Waals surface area (Å²) >= 11 is 4.58. The number of anilines is 2. The van der Waals surface area contributed by atoms with Gasteiger partial charge in [-0.15, -0.1) is 21.5 Å². The van der Waals surface area contributed by atoms with E-state index in [1.807, 2.05) is 13.8 Å². The van der Waals surface area contributed by atoms with Crippen LogP contribution in [-0.2, 0) is 12.2 Å². The van der Waals surface area contributed by atoms with Gasteiger partial charge in [0.1, 0.15) is 10.7 Å². The second-order valence-corrected chi connectivity index (χ2v) is 10.5. The zero-order valence-corrected chi connectivity index (χ0v) is 19.6. The van der Waals surface area contributed by atoms with Crippen molar-refractivity contribution in [3.8, 4) is 0 Å². The maximum Gasteiger partial charge on any atom is 0.259 e. The number of aryl methyl sites for hydroxylation is 3. The SMILES string of the molecule is CCCCc1ccc(Nc2nnc(SCc3nc4sc(C)c(C)c4c(=O)[nH]3)s2)cc1. The lowest BCUT2D eigenvalue weighted by Crippen LogP contribution is -2.10. The average molecular weight is 458 g/mol. The van der Waals surface area contributed by atoms with Crippen LogP contribution in [0.5, 0.6) is 0 Å². The molecule has 0 fully saturated rings. The molecular weight excluding hydrogens is 434 g/mol. The summed E-state index contributed by atoms with van der Waals surface area (Å²) < 4.78 is 0.832. The number of aromatic nitrogens is 4. The van der Waals surface area contributed by atoms with Crippen LogP contribution in [0, 0.1) is 13.8 Å². The molecule has 2 N–H and O–H groups in total. The molecular formula is C21H23N5OS3. The van der Waals surface area contributed by atoms with Gasteiger partial charge in [-0.25, -0.2) is 4.98 Å². The highest BCUT2D eigenvalue weighted by Gasteiger charge is 2.13. The number of benzene rings is 1. The Hall–Kier alpha value is -2.23. The minimum atomic E-state index is -0.0700. The van der Waals surface area contributed by atoms with Gasteiger partial charge in [-0.05, 0) is 49.9 Å². The maximum atomic E-state index is 12.4. The van der Waals surface area contributed by atoms with Crippen LogP contribution in [0.15, 0.2) is 33.4 Å². The smallest absolute Gasteiger partial charge is 0.259 e. The largest absolute Gasteiger partial charge is 0.330 e. The molecule has 0 aliphatic rings. The second kappa shape index (κ2) is 9.28. The van der Waals surface area contributed by atoms with Crippen molar-refractivity contribution in [1.29, 1.82) is 0 Å². The number of nitrogens with one attached hydrogen (secondary N) is 2. The van der Waals surface area contributed by atoms with Crippen molar-refractivity contribution in [2.45, 2.75) is 50.1 Å². The third-order valence-corrected chi connectivity index (χ3v) is 7.94. The number of rotatable bonds is 8. The summed E-state index contributed by atoms with van der Waals surface area (Å²) in [6.45, 7) is 6.19. The maximum absolute atomic E-state index is 12.4. The van der Waals surface area contributed by atoms with E-state index in [1.54, 1.807) is 11.3 Å². The van der Waals surface area contributed by atoms with Gasteiger partial charge < -0.3 is 10.3 Å². The molecule has 0 atom stereocenters. The zero-order valence-electron chi connectivity index (χ0n) is 17.1. The molecule has 4 aromatic rings. The van der Waals surface area contributed by atoms with Crippen molar-refractivity contribution in [3.05, 3.63) is 56.4 Å². The second-order valence-electron chi connectivity index (χ2n) is 7.06. The van der Waals surface area contributed by atoms with Crippen molar-refractivity contribution in [3.63, 3.8) is 0 Å². The third kappa shape index (κ3) is 4.74. The highest BCUT2D eigenvalue weighted by Crippen LogP contribution is 2.30. The van der Waals surface area contributed by atoms with Crippen molar-refractivity contribution in [1.82, 2.24) is 20.2 Å². The van der Waals surface area contributed by atoms with Crippen molar-refractivity contribution < 1.29 is 0 Å². The molecule has 0 unspecified atom stereocenters. The Labute approximate surface area is 187 Å². The molecule has 0 saturated carbocycles. The molecule has 9 heteroatoms. The van der Waals surface area contributed by atoms with Crippen molar-refractivity contribution >= 4 is 55.5 Å². The predicted molar refractivity (Wildman–Crippen MR) is 128 cm³/mol. The Morgan fingerprint density at radius 2 is 1.93 bits per heavy atom. The van der Waals surface area contributed by atoms with Gasteiger partial charge in [-0.3, -0.25) is 4.79 Å². The molecule has 0 aliphatic heterocycles. The number of hydrogen-bond acceptors (Lipinski definition) is 8. The molecule has 156 valence electrons. The van der Waals surface area contributed by atoms with E-state index < -0.39 is 0 Å². The van der Waals surface area contributed by atoms with Gasteiger partial charge in [0.05, 0.1) is 11.1 Å². The topological polar surface area (TPSA) is 83.6 Å². The van der Waals surface area contributed by atoms with Gasteiger partial charge >= 0.3 is 0 Å². The molecule has 4 rings (SSSR count). The Morgan fingerprint density at radius 1 is 1.13 bits per heavy atom. The van der Waals surface area contributed by atoms with Gasteiger partial charge in [0.25, 0.3) is 5.56 Å². The average Bonchev–Trinajstić information content (AvgIpc) is 3.30. The summed E-state index contributed by atoms with van der Waals surface area (Å²) in [6.07, 6.45) is 3.53. The van der Waals surface area contributed by atoms with Crippen LogP contribution >= 0.6 is 34.4 Å². The van der Waals surface area contributed by atoms with Crippen molar-refractivity contribution in [2.75, 3.05) is 5.32 Å². The summed E-state index contributed by atoms with van der Waals surface area (Å²) in [5, 5.41) is 13.2. The van der Waals surface area contributed by atoms with Crippen LogP contribution in [0.25, 0.3) is 10.2 Å². The number of hydrogen-bond donors (Lipinski definition) is 2. The minimum Gasteiger partial charge on any atom is -0.330 e. The number of thiophene rings is 1. The van der Waals surface area contributed by atoms with Gasteiger partial charge in [0, 0.05) is 10.6 Å². The van der Waals surface area contributed by atoms with Gasteiger partial charge in [-0.1, -0.05) is 48.6 Å². The Bertz CT molecular complexity index is 1210. The number of aromatic amines is 1. The first-order valence-corrected chi connectivity index (χ1v) is 12.5. The number of H-pyrrole nitrogens is 1. The van der Waals surface area contributed by atoms with E-state index in [2.05, 4.69) is 56.7 Å². The van der Waals surface area contributed by atoms with E-state index in [1.165, 1.54) is 41.5 Å². The summed E-state index contributed by atoms with van der Waals surface area (Å²) in [5.74, 6) is 1.20. The lowest BCUT2D eigenvalue weighted by atomic mass is 10.1. The molecule has 1 aromatic carbocycles. The van der Waals surface area contributed by atoms with Gasteiger partial charge in [-0.2, -0.15) is 0 Å². The Balaban J connectivity index is 1.39. The van der Waals surface area contributed by atoms with Crippen LogP contribution in [0.4, 0.5) is 10.8 Å².